The molecule has 0 aliphatic carbocycles. The minimum Gasteiger partial charge on any atom is -0.496 e. The molecule has 0 radical (unpaired) electrons. The van der Waals surface area contributed by atoms with Crippen LogP contribution in [-0.4, -0.2) is 86.4 Å². The van der Waals surface area contributed by atoms with Crippen LogP contribution in [0.2, 0.25) is 0 Å². The Labute approximate surface area is 326 Å². The standard InChI is InChI=1S/C40H47N5O8S2/c1-40(2,3)44(6)37(46)22-14-27-13-20-33(36(23-27)53-7)28-15-17-29(18-16-28)39(48)42-55(51,52)32-19-21-34(35(25-32)45(49)50)41-30(24-38(47)43(4)5)26-54-31-11-9-8-10-12-31/h8-13,15-21,23,25,30,41H,14,22,24,26H2,1-7H3,(H,42,48)/t30-/m1/s1. The van der Waals surface area contributed by atoms with Crippen molar-refractivity contribution in [3.63, 3.8) is 0 Å². The second-order valence-electron chi connectivity index (χ2n) is 14.1. The first kappa shape index (κ1) is 42.3. The molecule has 0 unspecified atom stereocenters. The smallest absolute Gasteiger partial charge is 0.293 e. The second-order valence-corrected chi connectivity index (χ2v) is 16.8. The van der Waals surface area contributed by atoms with Crippen LogP contribution in [0.3, 0.4) is 0 Å². The average Bonchev–Trinajstić information content (AvgIpc) is 3.15. The van der Waals surface area contributed by atoms with Crippen molar-refractivity contribution in [1.82, 2.24) is 14.5 Å². The van der Waals surface area contributed by atoms with Gasteiger partial charge in [-0.3, -0.25) is 24.5 Å². The lowest BCUT2D eigenvalue weighted by Gasteiger charge is -2.32. The molecule has 0 bridgehead atoms. The van der Waals surface area contributed by atoms with E-state index >= 15 is 0 Å². The molecule has 55 heavy (non-hydrogen) atoms. The van der Waals surface area contributed by atoms with Gasteiger partial charge in [-0.25, -0.2) is 13.1 Å². The zero-order valence-electron chi connectivity index (χ0n) is 32.0. The van der Waals surface area contributed by atoms with Gasteiger partial charge in [0.25, 0.3) is 21.6 Å². The minimum absolute atomic E-state index is 0.0289. The summed E-state index contributed by atoms with van der Waals surface area (Å²) in [6.45, 7) is 5.93. The molecule has 292 valence electrons. The zero-order chi connectivity index (χ0) is 40.5. The first-order valence-corrected chi connectivity index (χ1v) is 19.9. The third kappa shape index (κ3) is 11.5. The number of nitrogens with zero attached hydrogens (tertiary/aromatic N) is 3. The average molecular weight is 790 g/mol. The maximum atomic E-state index is 13.3. The van der Waals surface area contributed by atoms with Crippen molar-refractivity contribution in [2.45, 2.75) is 61.4 Å². The molecule has 2 N–H and O–H groups in total. The van der Waals surface area contributed by atoms with E-state index in [0.29, 0.717) is 29.9 Å². The number of carbonyl (C=O) groups excluding carboxylic acids is 3. The molecule has 3 amide bonds. The van der Waals surface area contributed by atoms with Crippen LogP contribution >= 0.6 is 11.8 Å². The van der Waals surface area contributed by atoms with Crippen LogP contribution in [0.4, 0.5) is 11.4 Å². The Balaban J connectivity index is 1.47. The van der Waals surface area contributed by atoms with Gasteiger partial charge < -0.3 is 19.9 Å². The number of anilines is 1. The topological polar surface area (TPSA) is 168 Å². The number of nitro benzene ring substituents is 1. The number of nitrogens with one attached hydrogen (secondary N) is 2. The highest BCUT2D eigenvalue weighted by Gasteiger charge is 2.26. The van der Waals surface area contributed by atoms with Crippen molar-refractivity contribution in [3.8, 4) is 16.9 Å². The van der Waals surface area contributed by atoms with Crippen molar-refractivity contribution >= 4 is 50.9 Å². The van der Waals surface area contributed by atoms with Gasteiger partial charge in [0.2, 0.25) is 11.8 Å². The number of methoxy groups -OCH3 is 1. The van der Waals surface area contributed by atoms with Crippen LogP contribution in [0.1, 0.15) is 49.5 Å². The molecule has 15 heteroatoms. The highest BCUT2D eigenvalue weighted by Crippen LogP contribution is 2.33. The maximum Gasteiger partial charge on any atom is 0.293 e. The number of sulfonamides is 1. The first-order chi connectivity index (χ1) is 25.9. The number of benzene rings is 4. The van der Waals surface area contributed by atoms with Gasteiger partial charge in [0, 0.05) is 73.4 Å². The Morgan fingerprint density at radius 3 is 2.18 bits per heavy atom. The summed E-state index contributed by atoms with van der Waals surface area (Å²) in [6.07, 6.45) is 0.901. The fourth-order valence-corrected chi connectivity index (χ4v) is 7.33. The van der Waals surface area contributed by atoms with E-state index in [1.54, 1.807) is 38.2 Å². The number of hydrogen-bond donors (Lipinski definition) is 2. The summed E-state index contributed by atoms with van der Waals surface area (Å²) in [5.41, 5.74) is 1.62. The van der Waals surface area contributed by atoms with Crippen molar-refractivity contribution < 1.29 is 32.5 Å². The van der Waals surface area contributed by atoms with Gasteiger partial charge >= 0.3 is 0 Å². The van der Waals surface area contributed by atoms with E-state index in [1.807, 2.05) is 74.0 Å². The number of carbonyl (C=O) groups is 3. The maximum absolute atomic E-state index is 13.3. The molecule has 0 saturated carbocycles. The molecule has 4 aromatic rings. The lowest BCUT2D eigenvalue weighted by Crippen LogP contribution is -2.42. The van der Waals surface area contributed by atoms with Gasteiger partial charge in [0.1, 0.15) is 11.4 Å². The third-order valence-corrected chi connectivity index (χ3v) is 11.4. The predicted octanol–water partition coefficient (Wildman–Crippen LogP) is 6.63. The predicted molar refractivity (Wildman–Crippen MR) is 215 cm³/mol. The van der Waals surface area contributed by atoms with Gasteiger partial charge in [-0.15, -0.1) is 11.8 Å². The fourth-order valence-electron chi connectivity index (χ4n) is 5.39. The monoisotopic (exact) mass is 789 g/mol. The molecular weight excluding hydrogens is 743 g/mol. The number of hydrogen-bond acceptors (Lipinski definition) is 10. The molecule has 1 atom stereocenters. The summed E-state index contributed by atoms with van der Waals surface area (Å²) in [5, 5.41) is 15.2. The SMILES string of the molecule is COc1cc(CCC(=O)N(C)C(C)(C)C)ccc1-c1ccc(C(=O)NS(=O)(=O)c2ccc(N[C@@H](CSc3ccccc3)CC(=O)N(C)C)c([N+](=O)[O-])c2)cc1. The summed E-state index contributed by atoms with van der Waals surface area (Å²) >= 11 is 1.47. The highest BCUT2D eigenvalue weighted by atomic mass is 32.2. The highest BCUT2D eigenvalue weighted by molar-refractivity contribution is 7.99. The molecule has 0 aliphatic rings. The summed E-state index contributed by atoms with van der Waals surface area (Å²) in [4.78, 5) is 53.4. The summed E-state index contributed by atoms with van der Waals surface area (Å²) in [7, 11) is 2.03. The molecule has 0 aromatic heterocycles. The van der Waals surface area contributed by atoms with Crippen LogP contribution in [0, 0.1) is 10.1 Å². The molecule has 0 fully saturated rings. The molecular formula is C40H47N5O8S2. The minimum atomic E-state index is -4.53. The van der Waals surface area contributed by atoms with Gasteiger partial charge in [-0.1, -0.05) is 42.5 Å². The van der Waals surface area contributed by atoms with E-state index in [-0.39, 0.29) is 35.0 Å². The normalized spacial score (nSPS) is 12.0. The molecule has 0 spiro atoms. The van der Waals surface area contributed by atoms with Crippen LogP contribution in [-0.2, 0) is 26.0 Å². The van der Waals surface area contributed by atoms with Gasteiger partial charge in [-0.05, 0) is 80.8 Å². The quantitative estimate of drug-likeness (QED) is 0.0714. The summed E-state index contributed by atoms with van der Waals surface area (Å²) in [6, 6.07) is 24.1. The number of aryl methyl sites for hydroxylation is 1. The van der Waals surface area contributed by atoms with Gasteiger partial charge in [0.15, 0.2) is 0 Å². The Kier molecular flexibility index (Phi) is 14.1. The van der Waals surface area contributed by atoms with Crippen LogP contribution < -0.4 is 14.8 Å². The molecule has 0 heterocycles. The van der Waals surface area contributed by atoms with E-state index < -0.39 is 37.5 Å². The Morgan fingerprint density at radius 1 is 0.909 bits per heavy atom. The Hall–Kier alpha value is -5.41. The van der Waals surface area contributed by atoms with Crippen molar-refractivity contribution in [2.24, 2.45) is 0 Å². The van der Waals surface area contributed by atoms with Crippen LogP contribution in [0.5, 0.6) is 5.75 Å². The lowest BCUT2D eigenvalue weighted by molar-refractivity contribution is -0.384. The van der Waals surface area contributed by atoms with Crippen LogP contribution in [0.15, 0.2) is 101 Å². The lowest BCUT2D eigenvalue weighted by atomic mass is 9.99. The molecule has 13 nitrogen and oxygen atoms in total. The number of ether oxygens (including phenoxy) is 1. The van der Waals surface area contributed by atoms with Crippen LogP contribution in [0.25, 0.3) is 11.1 Å². The Morgan fingerprint density at radius 2 is 1.58 bits per heavy atom. The number of amides is 3. The van der Waals surface area contributed by atoms with Crippen molar-refractivity contribution in [3.05, 3.63) is 112 Å². The molecule has 4 rings (SSSR count). The third-order valence-electron chi connectivity index (χ3n) is 8.91. The van der Waals surface area contributed by atoms with Gasteiger partial charge in [0.05, 0.1) is 16.9 Å². The van der Waals surface area contributed by atoms with Crippen molar-refractivity contribution in [2.75, 3.05) is 39.3 Å². The molecule has 0 aliphatic heterocycles. The number of rotatable bonds is 16. The molecule has 0 saturated heterocycles. The summed E-state index contributed by atoms with van der Waals surface area (Å²) < 4.78 is 34.3. The summed E-state index contributed by atoms with van der Waals surface area (Å²) in [5.74, 6) is -0.120. The van der Waals surface area contributed by atoms with E-state index in [1.165, 1.54) is 42.0 Å². The zero-order valence-corrected chi connectivity index (χ0v) is 33.6. The molecule has 4 aromatic carbocycles. The van der Waals surface area contributed by atoms with E-state index in [4.69, 9.17) is 4.74 Å². The number of nitro groups is 1. The van der Waals surface area contributed by atoms with E-state index in [0.717, 1.165) is 28.2 Å². The number of thioether (sulfide) groups is 1. The van der Waals surface area contributed by atoms with Crippen molar-refractivity contribution in [1.29, 1.82) is 0 Å². The fraction of sp³-hybridized carbons (Fsp3) is 0.325. The second kappa shape index (κ2) is 18.3. The van der Waals surface area contributed by atoms with Gasteiger partial charge in [-0.2, -0.15) is 0 Å². The Bertz CT molecular complexity index is 2120. The van der Waals surface area contributed by atoms with E-state index in [2.05, 4.69) is 5.32 Å². The first-order valence-electron chi connectivity index (χ1n) is 17.4. The largest absolute Gasteiger partial charge is 0.496 e. The van der Waals surface area contributed by atoms with E-state index in [9.17, 15) is 32.9 Å².